The summed E-state index contributed by atoms with van der Waals surface area (Å²) < 4.78 is 0. The van der Waals surface area contributed by atoms with Crippen LogP contribution in [0.5, 0.6) is 0 Å². The van der Waals surface area contributed by atoms with Crippen LogP contribution in [0.2, 0.25) is 0 Å². The molecule has 2 aromatic carbocycles. The van der Waals surface area contributed by atoms with Crippen LogP contribution in [0.25, 0.3) is 0 Å². The highest BCUT2D eigenvalue weighted by Gasteiger charge is 2.34. The van der Waals surface area contributed by atoms with Gasteiger partial charge in [-0.15, -0.1) is 11.8 Å². The van der Waals surface area contributed by atoms with Gasteiger partial charge in [0.1, 0.15) is 11.1 Å². The van der Waals surface area contributed by atoms with Gasteiger partial charge in [-0.25, -0.2) is 0 Å². The lowest BCUT2D eigenvalue weighted by molar-refractivity contribution is -0.118. The van der Waals surface area contributed by atoms with Crippen molar-refractivity contribution in [2.24, 2.45) is 5.73 Å². The van der Waals surface area contributed by atoms with Crippen LogP contribution in [0.15, 0.2) is 53.4 Å². The number of likely N-dealkylation sites (N-methyl/N-ethyl adjacent to an activating group) is 1. The smallest absolute Gasteiger partial charge is 0.245 e. The van der Waals surface area contributed by atoms with Crippen LogP contribution in [0, 0.1) is 5.41 Å². The second-order valence-corrected chi connectivity index (χ2v) is 11.2. The van der Waals surface area contributed by atoms with Crippen molar-refractivity contribution in [2.45, 2.75) is 54.7 Å². The van der Waals surface area contributed by atoms with Gasteiger partial charge < -0.3 is 15.5 Å². The zero-order chi connectivity index (χ0) is 24.8. The minimum absolute atomic E-state index is 0.0268. The molecule has 2 unspecified atom stereocenters. The number of rotatable bonds is 10. The molecule has 0 radical (unpaired) electrons. The minimum atomic E-state index is -0.315. The molecule has 1 saturated heterocycles. The number of piperidine rings is 1. The molecule has 0 aliphatic carbocycles. The molecule has 2 aliphatic heterocycles. The maximum atomic E-state index is 13.6. The maximum absolute atomic E-state index is 13.6. The number of amides is 1. The number of nitrogens with zero attached hydrogens (tertiary/aromatic N) is 3. The number of unbranched alkanes of at least 4 members (excludes halogenated alkanes) is 2. The lowest BCUT2D eigenvalue weighted by Crippen LogP contribution is -2.45. The Labute approximate surface area is 214 Å². The zero-order valence-corrected chi connectivity index (χ0v) is 21.9. The maximum Gasteiger partial charge on any atom is 0.245 e. The van der Waals surface area contributed by atoms with Crippen molar-refractivity contribution in [3.8, 4) is 0 Å². The third kappa shape index (κ3) is 6.46. The first kappa shape index (κ1) is 25.7. The normalized spacial score (nSPS) is 20.8. The van der Waals surface area contributed by atoms with E-state index in [0.29, 0.717) is 11.6 Å². The summed E-state index contributed by atoms with van der Waals surface area (Å²) in [6.45, 7) is 4.25. The van der Waals surface area contributed by atoms with E-state index < -0.39 is 0 Å². The number of hydrogen-bond acceptors (Lipinski definition) is 5. The summed E-state index contributed by atoms with van der Waals surface area (Å²) in [5.74, 6) is 0.148. The first-order valence-corrected chi connectivity index (χ1v) is 13.7. The van der Waals surface area contributed by atoms with Crippen molar-refractivity contribution in [3.63, 3.8) is 0 Å². The van der Waals surface area contributed by atoms with Crippen molar-refractivity contribution in [3.05, 3.63) is 59.7 Å². The van der Waals surface area contributed by atoms with E-state index in [9.17, 15) is 4.79 Å². The Balaban J connectivity index is 1.38. The molecule has 1 fully saturated rings. The van der Waals surface area contributed by atoms with Gasteiger partial charge in [0.15, 0.2) is 0 Å². The molecule has 2 aromatic rings. The van der Waals surface area contributed by atoms with Gasteiger partial charge in [-0.05, 0) is 76.6 Å². The number of likely N-dealkylation sites (tertiary alicyclic amines) is 1. The molecule has 0 spiro atoms. The van der Waals surface area contributed by atoms with Crippen molar-refractivity contribution in [1.82, 2.24) is 9.80 Å². The Morgan fingerprint density at radius 1 is 1.09 bits per heavy atom. The van der Waals surface area contributed by atoms with Gasteiger partial charge in [0.2, 0.25) is 5.91 Å². The lowest BCUT2D eigenvalue weighted by Gasteiger charge is -2.37. The van der Waals surface area contributed by atoms with Crippen LogP contribution in [0.1, 0.15) is 54.9 Å². The average Bonchev–Trinajstić information content (AvgIpc) is 2.85. The quantitative estimate of drug-likeness (QED) is 0.284. The standard InChI is InChI=1S/C28H39N5OS/c1-31(2)20-23-13-6-9-17-32(23)16-7-3-8-18-33-24-14-4-5-15-25(24)35-26(28(33)34)21-11-10-12-22(19-21)27(29)30/h4-5,10-12,14-15,19,23,26H,3,6-9,13,16-18,20H2,1-2H3,(H3,29,30). The summed E-state index contributed by atoms with van der Waals surface area (Å²) in [4.78, 5) is 21.7. The van der Waals surface area contributed by atoms with Gasteiger partial charge in [0, 0.05) is 29.6 Å². The molecule has 3 N–H and O–H groups in total. The summed E-state index contributed by atoms with van der Waals surface area (Å²) >= 11 is 1.60. The second-order valence-electron chi connectivity index (χ2n) is 10.0. The fourth-order valence-corrected chi connectivity index (χ4v) is 6.49. The van der Waals surface area contributed by atoms with Crippen molar-refractivity contribution < 1.29 is 4.79 Å². The van der Waals surface area contributed by atoms with E-state index >= 15 is 0 Å². The number of carbonyl (C=O) groups excluding carboxylic acids is 1. The third-order valence-corrected chi connectivity index (χ3v) is 8.35. The fraction of sp³-hybridized carbons (Fsp3) is 0.500. The number of nitrogen functional groups attached to an aromatic ring is 1. The third-order valence-electron chi connectivity index (χ3n) is 7.04. The summed E-state index contributed by atoms with van der Waals surface area (Å²) in [5.41, 5.74) is 8.29. The van der Waals surface area contributed by atoms with Gasteiger partial charge in [0.05, 0.1) is 5.69 Å². The molecule has 2 aliphatic rings. The number of hydrogen-bond donors (Lipinski definition) is 2. The number of para-hydroxylation sites is 1. The Morgan fingerprint density at radius 2 is 1.89 bits per heavy atom. The lowest BCUT2D eigenvalue weighted by atomic mass is 10.0. The van der Waals surface area contributed by atoms with E-state index in [2.05, 4.69) is 36.0 Å². The Bertz CT molecular complexity index is 1030. The van der Waals surface area contributed by atoms with Gasteiger partial charge in [-0.1, -0.05) is 43.2 Å². The van der Waals surface area contributed by atoms with E-state index in [1.165, 1.54) is 32.2 Å². The number of thioether (sulfide) groups is 1. The highest BCUT2D eigenvalue weighted by atomic mass is 32.2. The Morgan fingerprint density at radius 3 is 2.69 bits per heavy atom. The number of amidine groups is 1. The largest absolute Gasteiger partial charge is 0.384 e. The molecule has 0 bridgehead atoms. The van der Waals surface area contributed by atoms with Gasteiger partial charge >= 0.3 is 0 Å². The Kier molecular flexibility index (Phi) is 8.87. The van der Waals surface area contributed by atoms with E-state index in [-0.39, 0.29) is 17.0 Å². The summed E-state index contributed by atoms with van der Waals surface area (Å²) in [5, 5.41) is 7.46. The second kappa shape index (κ2) is 12.1. The van der Waals surface area contributed by atoms with Crippen LogP contribution in [0.3, 0.4) is 0 Å². The monoisotopic (exact) mass is 493 g/mol. The average molecular weight is 494 g/mol. The molecule has 0 saturated carbocycles. The summed E-state index contributed by atoms with van der Waals surface area (Å²) in [6.07, 6.45) is 7.26. The SMILES string of the molecule is CN(C)CC1CCCCN1CCCCCN1C(=O)C(c2cccc(C(=N)N)c2)Sc2ccccc21. The molecule has 2 atom stereocenters. The first-order chi connectivity index (χ1) is 16.9. The van der Waals surface area contributed by atoms with Gasteiger partial charge in [-0.3, -0.25) is 15.1 Å². The summed E-state index contributed by atoms with van der Waals surface area (Å²) in [6, 6.07) is 16.4. The molecule has 2 heterocycles. The van der Waals surface area contributed by atoms with Crippen LogP contribution >= 0.6 is 11.8 Å². The first-order valence-electron chi connectivity index (χ1n) is 12.8. The van der Waals surface area contributed by atoms with Crippen molar-refractivity contribution >= 4 is 29.2 Å². The predicted octanol–water partition coefficient (Wildman–Crippen LogP) is 4.74. The molecule has 6 nitrogen and oxygen atoms in total. The topological polar surface area (TPSA) is 76.7 Å². The minimum Gasteiger partial charge on any atom is -0.384 e. The highest BCUT2D eigenvalue weighted by molar-refractivity contribution is 8.00. The number of fused-ring (bicyclic) bond motifs is 1. The van der Waals surface area contributed by atoms with Crippen molar-refractivity contribution in [1.29, 1.82) is 5.41 Å². The van der Waals surface area contributed by atoms with Crippen LogP contribution in [-0.4, -0.2) is 67.9 Å². The molecular formula is C28H39N5OS. The van der Waals surface area contributed by atoms with E-state index in [4.69, 9.17) is 11.1 Å². The Hall–Kier alpha value is -2.35. The molecule has 1 amide bonds. The predicted molar refractivity (Wildman–Crippen MR) is 146 cm³/mol. The van der Waals surface area contributed by atoms with Crippen LogP contribution < -0.4 is 10.6 Å². The van der Waals surface area contributed by atoms with Crippen molar-refractivity contribution in [2.75, 3.05) is 45.2 Å². The zero-order valence-electron chi connectivity index (χ0n) is 21.1. The van der Waals surface area contributed by atoms with Gasteiger partial charge in [0.25, 0.3) is 0 Å². The molecule has 188 valence electrons. The molecule has 4 rings (SSSR count). The fourth-order valence-electron chi connectivity index (χ4n) is 5.27. The number of carbonyl (C=O) groups is 1. The molecule has 7 heteroatoms. The number of nitrogens with one attached hydrogen (secondary N) is 1. The van der Waals surface area contributed by atoms with Crippen LogP contribution in [0.4, 0.5) is 5.69 Å². The number of benzene rings is 2. The number of anilines is 1. The van der Waals surface area contributed by atoms with Gasteiger partial charge in [-0.2, -0.15) is 0 Å². The van der Waals surface area contributed by atoms with E-state index in [0.717, 1.165) is 48.6 Å². The highest BCUT2D eigenvalue weighted by Crippen LogP contribution is 2.46. The molecule has 35 heavy (non-hydrogen) atoms. The summed E-state index contributed by atoms with van der Waals surface area (Å²) in [7, 11) is 4.34. The van der Waals surface area contributed by atoms with E-state index in [1.807, 2.05) is 41.3 Å². The number of nitrogens with two attached hydrogens (primary N) is 1. The van der Waals surface area contributed by atoms with Crippen LogP contribution in [-0.2, 0) is 4.79 Å². The molecular weight excluding hydrogens is 454 g/mol. The molecule has 0 aromatic heterocycles. The van der Waals surface area contributed by atoms with E-state index in [1.54, 1.807) is 11.8 Å².